The Balaban J connectivity index is 1.57. The first kappa shape index (κ1) is 16.3. The highest BCUT2D eigenvalue weighted by atomic mass is 19.1. The molecular formula is C19H23FN4O. The van der Waals surface area contributed by atoms with Crippen molar-refractivity contribution < 1.29 is 9.18 Å². The van der Waals surface area contributed by atoms with Crippen LogP contribution in [0, 0.1) is 11.9 Å². The molecule has 5 heterocycles. The van der Waals surface area contributed by atoms with E-state index in [0.717, 1.165) is 25.9 Å². The van der Waals surface area contributed by atoms with Gasteiger partial charge in [0.15, 0.2) is 0 Å². The third-order valence-corrected chi connectivity index (χ3v) is 5.86. The predicted octanol–water partition coefficient (Wildman–Crippen LogP) is 2.44. The number of fused-ring (bicyclic) bond motifs is 3. The number of aromatic nitrogens is 2. The molecule has 3 aliphatic heterocycles. The zero-order valence-electron chi connectivity index (χ0n) is 14.6. The third-order valence-electron chi connectivity index (χ3n) is 5.86. The number of hydrogen-bond donors (Lipinski definition) is 1. The van der Waals surface area contributed by atoms with Gasteiger partial charge in [-0.1, -0.05) is 0 Å². The summed E-state index contributed by atoms with van der Waals surface area (Å²) in [4.78, 5) is 19.0. The van der Waals surface area contributed by atoms with Crippen LogP contribution >= 0.6 is 0 Å². The summed E-state index contributed by atoms with van der Waals surface area (Å²) in [5.74, 6) is -0.0650. The maximum atomic E-state index is 14.0. The maximum absolute atomic E-state index is 14.0. The number of piperidine rings is 3. The van der Waals surface area contributed by atoms with Gasteiger partial charge in [0, 0.05) is 25.3 Å². The van der Waals surface area contributed by atoms with Crippen molar-refractivity contribution in [1.82, 2.24) is 19.8 Å². The van der Waals surface area contributed by atoms with E-state index < -0.39 is 5.95 Å². The number of nitrogens with one attached hydrogen (secondary N) is 1. The van der Waals surface area contributed by atoms with Gasteiger partial charge in [-0.3, -0.25) is 9.69 Å². The molecule has 0 spiro atoms. The number of pyridine rings is 1. The molecular weight excluding hydrogens is 319 g/mol. The summed E-state index contributed by atoms with van der Waals surface area (Å²) >= 11 is 0. The van der Waals surface area contributed by atoms with E-state index in [1.54, 1.807) is 35.9 Å². The Morgan fingerprint density at radius 2 is 2.04 bits per heavy atom. The van der Waals surface area contributed by atoms with Crippen molar-refractivity contribution in [3.05, 3.63) is 42.1 Å². The van der Waals surface area contributed by atoms with E-state index in [4.69, 9.17) is 0 Å². The van der Waals surface area contributed by atoms with Crippen LogP contribution in [0.15, 0.2) is 30.5 Å². The van der Waals surface area contributed by atoms with Gasteiger partial charge in [0.05, 0.1) is 11.3 Å². The Kier molecular flexibility index (Phi) is 4.07. The summed E-state index contributed by atoms with van der Waals surface area (Å²) < 4.78 is 15.7. The van der Waals surface area contributed by atoms with Gasteiger partial charge < -0.3 is 9.88 Å². The lowest BCUT2D eigenvalue weighted by Crippen LogP contribution is -2.62. The first-order chi connectivity index (χ1) is 12.1. The molecule has 3 saturated heterocycles. The zero-order valence-corrected chi connectivity index (χ0v) is 14.6. The van der Waals surface area contributed by atoms with E-state index in [-0.39, 0.29) is 11.9 Å². The summed E-state index contributed by atoms with van der Waals surface area (Å²) in [6.07, 6.45) is 3.72. The van der Waals surface area contributed by atoms with Crippen molar-refractivity contribution >= 4 is 5.91 Å². The van der Waals surface area contributed by atoms with E-state index >= 15 is 0 Å². The van der Waals surface area contributed by atoms with Crippen molar-refractivity contribution in [2.24, 2.45) is 13.0 Å². The van der Waals surface area contributed by atoms with Crippen molar-refractivity contribution in [3.63, 3.8) is 0 Å². The fourth-order valence-electron chi connectivity index (χ4n) is 4.36. The fourth-order valence-corrected chi connectivity index (χ4v) is 4.36. The second-order valence-electron chi connectivity index (χ2n) is 7.12. The molecule has 132 valence electrons. The third kappa shape index (κ3) is 2.74. The minimum absolute atomic E-state index is 0.0938. The zero-order chi connectivity index (χ0) is 17.6. The Morgan fingerprint density at radius 3 is 2.72 bits per heavy atom. The minimum Gasteiger partial charge on any atom is -0.346 e. The van der Waals surface area contributed by atoms with Crippen LogP contribution in [0.25, 0.3) is 11.3 Å². The van der Waals surface area contributed by atoms with Crippen LogP contribution in [0.2, 0.25) is 0 Å². The number of amides is 1. The molecule has 2 bridgehead atoms. The summed E-state index contributed by atoms with van der Waals surface area (Å²) in [5.41, 5.74) is 1.60. The maximum Gasteiger partial charge on any atom is 0.268 e. The number of rotatable bonds is 3. The van der Waals surface area contributed by atoms with Gasteiger partial charge in [0.2, 0.25) is 5.95 Å². The van der Waals surface area contributed by atoms with Crippen LogP contribution in [0.3, 0.4) is 0 Å². The van der Waals surface area contributed by atoms with Crippen LogP contribution in [-0.4, -0.2) is 45.5 Å². The number of carbonyl (C=O) groups is 1. The van der Waals surface area contributed by atoms with E-state index in [2.05, 4.69) is 22.1 Å². The van der Waals surface area contributed by atoms with Gasteiger partial charge in [-0.15, -0.1) is 0 Å². The quantitative estimate of drug-likeness (QED) is 0.872. The lowest BCUT2D eigenvalue weighted by molar-refractivity contribution is 0.0215. The van der Waals surface area contributed by atoms with Gasteiger partial charge in [-0.05, 0) is 63.0 Å². The van der Waals surface area contributed by atoms with Crippen LogP contribution in [-0.2, 0) is 7.05 Å². The van der Waals surface area contributed by atoms with Crippen molar-refractivity contribution in [2.45, 2.75) is 31.8 Å². The van der Waals surface area contributed by atoms with Crippen LogP contribution in [0.4, 0.5) is 4.39 Å². The number of hydrogen-bond acceptors (Lipinski definition) is 3. The highest BCUT2D eigenvalue weighted by Gasteiger charge is 2.40. The molecule has 6 heteroatoms. The fraction of sp³-hybridized carbons (Fsp3) is 0.474. The first-order valence-electron chi connectivity index (χ1n) is 8.88. The molecule has 2 atom stereocenters. The monoisotopic (exact) mass is 342 g/mol. The number of nitrogens with zero attached hydrogens (tertiary/aromatic N) is 3. The van der Waals surface area contributed by atoms with E-state index in [0.29, 0.717) is 28.9 Å². The molecule has 0 aromatic carbocycles. The van der Waals surface area contributed by atoms with Crippen molar-refractivity contribution in [3.8, 4) is 11.3 Å². The highest BCUT2D eigenvalue weighted by Crippen LogP contribution is 2.32. The average molecular weight is 342 g/mol. The average Bonchev–Trinajstić information content (AvgIpc) is 3.00. The summed E-state index contributed by atoms with van der Waals surface area (Å²) in [7, 11) is 1.79. The Morgan fingerprint density at radius 1 is 1.28 bits per heavy atom. The highest BCUT2D eigenvalue weighted by molar-refractivity contribution is 5.94. The smallest absolute Gasteiger partial charge is 0.268 e. The van der Waals surface area contributed by atoms with Gasteiger partial charge in [0.1, 0.15) is 5.69 Å². The van der Waals surface area contributed by atoms with Crippen molar-refractivity contribution in [1.29, 1.82) is 0 Å². The molecule has 25 heavy (non-hydrogen) atoms. The Labute approximate surface area is 146 Å². The SMILES string of the molecule is C[C@@H]1[C@H](NC(=O)c2ccc(-c3cccnc3F)n2C)C2CCN1CC2. The van der Waals surface area contributed by atoms with Crippen LogP contribution in [0.1, 0.15) is 30.3 Å². The minimum atomic E-state index is -0.526. The molecule has 2 aromatic heterocycles. The predicted molar refractivity (Wildman–Crippen MR) is 93.6 cm³/mol. The largest absolute Gasteiger partial charge is 0.346 e. The molecule has 1 amide bonds. The van der Waals surface area contributed by atoms with Gasteiger partial charge in [0.25, 0.3) is 5.91 Å². The Hall–Kier alpha value is -2.21. The second-order valence-corrected chi connectivity index (χ2v) is 7.12. The topological polar surface area (TPSA) is 50.2 Å². The molecule has 2 aromatic rings. The van der Waals surface area contributed by atoms with Crippen LogP contribution in [0.5, 0.6) is 0 Å². The molecule has 0 aliphatic carbocycles. The molecule has 5 rings (SSSR count). The number of carbonyl (C=O) groups excluding carboxylic acids is 1. The number of halogens is 1. The molecule has 0 unspecified atom stereocenters. The molecule has 0 saturated carbocycles. The van der Waals surface area contributed by atoms with Crippen molar-refractivity contribution in [2.75, 3.05) is 13.1 Å². The van der Waals surface area contributed by atoms with E-state index in [1.807, 2.05) is 0 Å². The summed E-state index contributed by atoms with van der Waals surface area (Å²) in [6.45, 7) is 4.46. The second kappa shape index (κ2) is 6.26. The molecule has 3 aliphatic rings. The standard InChI is InChI=1S/C19H23FN4O/c1-12-17(13-7-10-24(12)11-8-13)22-19(25)16-6-5-15(23(16)2)14-4-3-9-21-18(14)20/h3-6,9,12-13,17H,7-8,10-11H2,1-2H3,(H,22,25)/t12-,17+/m1/s1. The molecule has 5 nitrogen and oxygen atoms in total. The summed E-state index contributed by atoms with van der Waals surface area (Å²) in [6, 6.07) is 7.45. The lowest BCUT2D eigenvalue weighted by atomic mass is 9.79. The Bertz CT molecular complexity index is 792. The molecule has 1 N–H and O–H groups in total. The normalized spacial score (nSPS) is 28.1. The lowest BCUT2D eigenvalue weighted by Gasteiger charge is -2.49. The molecule has 0 radical (unpaired) electrons. The summed E-state index contributed by atoms with van der Waals surface area (Å²) in [5, 5.41) is 3.23. The van der Waals surface area contributed by atoms with Gasteiger partial charge in [-0.25, -0.2) is 4.98 Å². The van der Waals surface area contributed by atoms with E-state index in [1.165, 1.54) is 6.20 Å². The first-order valence-corrected chi connectivity index (χ1v) is 8.88. The van der Waals surface area contributed by atoms with Gasteiger partial charge in [-0.2, -0.15) is 4.39 Å². The van der Waals surface area contributed by atoms with E-state index in [9.17, 15) is 9.18 Å². The van der Waals surface area contributed by atoms with Gasteiger partial charge >= 0.3 is 0 Å². The molecule has 3 fully saturated rings. The van der Waals surface area contributed by atoms with Crippen LogP contribution < -0.4 is 5.32 Å².